The predicted molar refractivity (Wildman–Crippen MR) is 49.3 cm³/mol. The summed E-state index contributed by atoms with van der Waals surface area (Å²) in [4.78, 5) is 0. The Morgan fingerprint density at radius 3 is 2.15 bits per heavy atom. The molecule has 70 valence electrons. The summed E-state index contributed by atoms with van der Waals surface area (Å²) in [5, 5.41) is 4.86. The van der Waals surface area contributed by atoms with Crippen molar-refractivity contribution in [3.8, 4) is 0 Å². The third kappa shape index (κ3) is 3.98. The Bertz CT molecular complexity index is 398. The van der Waals surface area contributed by atoms with Gasteiger partial charge in [0.2, 0.25) is 0 Å². The standard InChI is InChI=1S/C7H8NO2S.O.Sb/c8-11(9,10)6-7-4-2-1-3-5-7;;/h2-5H,6H2,(H2,8,9,10);;. The maximum absolute atomic E-state index is 10.7. The van der Waals surface area contributed by atoms with E-state index in [2.05, 4.69) is 0 Å². The van der Waals surface area contributed by atoms with Crippen LogP contribution >= 0.6 is 0 Å². The molecule has 6 heteroatoms. The number of nitrogens with two attached hydrogens (primary N) is 1. The Morgan fingerprint density at radius 2 is 1.77 bits per heavy atom. The Morgan fingerprint density at radius 1 is 1.23 bits per heavy atom. The predicted octanol–water partition coefficient (Wildman–Crippen LogP) is -0.850. The molecule has 0 bridgehead atoms. The van der Waals surface area contributed by atoms with Gasteiger partial charge in [-0.1, -0.05) is 0 Å². The molecule has 0 spiro atoms. The minimum atomic E-state index is -3.46. The van der Waals surface area contributed by atoms with Crippen LogP contribution in [0.3, 0.4) is 0 Å². The van der Waals surface area contributed by atoms with Crippen LogP contribution in [0, 0.1) is 0 Å². The number of sulfonamides is 1. The van der Waals surface area contributed by atoms with Crippen LogP contribution in [0.15, 0.2) is 24.3 Å². The molecule has 0 heterocycles. The number of primary sulfonamides is 1. The van der Waals surface area contributed by atoms with Crippen LogP contribution in [0.2, 0.25) is 0 Å². The molecule has 0 fully saturated rings. The second-order valence-corrected chi connectivity index (χ2v) is 6.17. The first-order chi connectivity index (χ1) is 6.01. The van der Waals surface area contributed by atoms with Crippen LogP contribution in [0.5, 0.6) is 0 Å². The molecule has 0 aliphatic rings. The van der Waals surface area contributed by atoms with E-state index in [1.807, 2.05) is 0 Å². The van der Waals surface area contributed by atoms with Crippen LogP contribution in [-0.2, 0) is 18.8 Å². The Kier molecular flexibility index (Phi) is 3.59. The van der Waals surface area contributed by atoms with Crippen LogP contribution in [0.1, 0.15) is 5.56 Å². The molecule has 1 rings (SSSR count). The molecule has 0 radical (unpaired) electrons. The molecule has 0 amide bonds. The van der Waals surface area contributed by atoms with Crippen molar-refractivity contribution in [1.29, 1.82) is 0 Å². The molecule has 0 aromatic heterocycles. The summed E-state index contributed by atoms with van der Waals surface area (Å²) in [6.45, 7) is 0. The van der Waals surface area contributed by atoms with Crippen LogP contribution < -0.4 is 8.65 Å². The summed E-state index contributed by atoms with van der Waals surface area (Å²) < 4.78 is 32.7. The summed E-state index contributed by atoms with van der Waals surface area (Å²) in [6.07, 6.45) is 0. The topological polar surface area (TPSA) is 77.2 Å². The molecule has 2 N–H and O–H groups in total. The van der Waals surface area contributed by atoms with Crippen molar-refractivity contribution < 1.29 is 11.4 Å². The van der Waals surface area contributed by atoms with E-state index in [4.69, 9.17) is 5.14 Å². The van der Waals surface area contributed by atoms with Crippen molar-refractivity contribution in [3.05, 3.63) is 29.8 Å². The van der Waals surface area contributed by atoms with E-state index in [9.17, 15) is 11.4 Å². The molecule has 1 aromatic carbocycles. The molecule has 4 nitrogen and oxygen atoms in total. The second kappa shape index (κ2) is 4.31. The van der Waals surface area contributed by atoms with E-state index in [0.717, 1.165) is 3.51 Å². The fourth-order valence-electron chi connectivity index (χ4n) is 0.885. The number of rotatable bonds is 3. The zero-order valence-corrected chi connectivity index (χ0v) is 10.0. The summed E-state index contributed by atoms with van der Waals surface area (Å²) >= 11 is -1.49. The van der Waals surface area contributed by atoms with Gasteiger partial charge in [0.25, 0.3) is 0 Å². The first-order valence-corrected chi connectivity index (χ1v) is 7.47. The fraction of sp³-hybridized carbons (Fsp3) is 0.143. The van der Waals surface area contributed by atoms with Gasteiger partial charge in [0, 0.05) is 0 Å². The van der Waals surface area contributed by atoms with Crippen molar-refractivity contribution in [3.63, 3.8) is 0 Å². The Labute approximate surface area is 87.1 Å². The average molecular weight is 308 g/mol. The Balaban J connectivity index is 2.87. The molecule has 0 atom stereocenters. The van der Waals surface area contributed by atoms with Crippen molar-refractivity contribution in [1.82, 2.24) is 0 Å². The molecular formula is C7H8NO3SSb. The zero-order chi connectivity index (χ0) is 9.90. The number of hydrogen-bond donors (Lipinski definition) is 1. The summed E-state index contributed by atoms with van der Waals surface area (Å²) in [6, 6.07) is 6.61. The van der Waals surface area contributed by atoms with Crippen molar-refractivity contribution in [2.45, 2.75) is 5.75 Å². The van der Waals surface area contributed by atoms with E-state index in [-0.39, 0.29) is 5.75 Å². The second-order valence-electron chi connectivity index (χ2n) is 2.56. The van der Waals surface area contributed by atoms with Gasteiger partial charge < -0.3 is 0 Å². The van der Waals surface area contributed by atoms with E-state index in [0.29, 0.717) is 5.56 Å². The van der Waals surface area contributed by atoms with E-state index < -0.39 is 31.6 Å². The average Bonchev–Trinajstić information content (AvgIpc) is 2.03. The summed E-state index contributed by atoms with van der Waals surface area (Å²) in [5.74, 6) is -0.172. The Hall–Kier alpha value is -0.252. The van der Waals surface area contributed by atoms with Gasteiger partial charge in [0.15, 0.2) is 0 Å². The molecular weight excluding hydrogens is 300 g/mol. The van der Waals surface area contributed by atoms with Gasteiger partial charge >= 0.3 is 87.3 Å². The van der Waals surface area contributed by atoms with Gasteiger partial charge in [0.05, 0.1) is 0 Å². The first kappa shape index (κ1) is 10.8. The van der Waals surface area contributed by atoms with Gasteiger partial charge in [-0.2, -0.15) is 0 Å². The number of benzene rings is 1. The molecule has 0 aliphatic carbocycles. The summed E-state index contributed by atoms with van der Waals surface area (Å²) in [7, 11) is -3.46. The minimum absolute atomic E-state index is 0.172. The van der Waals surface area contributed by atoms with Gasteiger partial charge in [-0.3, -0.25) is 0 Å². The normalized spacial score (nSPS) is 11.2. The van der Waals surface area contributed by atoms with Crippen molar-refractivity contribution >= 4 is 35.1 Å². The molecule has 0 saturated carbocycles. The SMILES string of the molecule is NS(=O)(=O)Cc1cc[c]([Sb]=[O])cc1. The molecule has 0 saturated heterocycles. The number of hydrogen-bond acceptors (Lipinski definition) is 3. The van der Waals surface area contributed by atoms with Crippen molar-refractivity contribution in [2.24, 2.45) is 5.14 Å². The van der Waals surface area contributed by atoms with Gasteiger partial charge in [-0.25, -0.2) is 0 Å². The monoisotopic (exact) mass is 307 g/mol. The zero-order valence-electron chi connectivity index (χ0n) is 6.67. The quantitative estimate of drug-likeness (QED) is 0.739. The van der Waals surface area contributed by atoms with Gasteiger partial charge in [-0.15, -0.1) is 0 Å². The van der Waals surface area contributed by atoms with Crippen LogP contribution in [0.4, 0.5) is 0 Å². The van der Waals surface area contributed by atoms with E-state index >= 15 is 0 Å². The van der Waals surface area contributed by atoms with Crippen LogP contribution in [-0.4, -0.2) is 30.0 Å². The third-order valence-corrected chi connectivity index (χ3v) is 3.60. The molecule has 1 aromatic rings. The first-order valence-electron chi connectivity index (χ1n) is 3.44. The van der Waals surface area contributed by atoms with Gasteiger partial charge in [0.1, 0.15) is 0 Å². The molecule has 13 heavy (non-hydrogen) atoms. The van der Waals surface area contributed by atoms with E-state index in [1.165, 1.54) is 0 Å². The third-order valence-electron chi connectivity index (χ3n) is 1.41. The maximum atomic E-state index is 10.7. The van der Waals surface area contributed by atoms with Crippen LogP contribution in [0.25, 0.3) is 0 Å². The fourth-order valence-corrected chi connectivity index (χ4v) is 2.32. The van der Waals surface area contributed by atoms with Gasteiger partial charge in [-0.05, 0) is 0 Å². The molecule has 0 unspecified atom stereocenters. The summed E-state index contributed by atoms with van der Waals surface area (Å²) in [5.41, 5.74) is 0.621. The molecule has 0 aliphatic heterocycles. The van der Waals surface area contributed by atoms with Crippen molar-refractivity contribution in [2.75, 3.05) is 0 Å². The van der Waals surface area contributed by atoms with E-state index in [1.54, 1.807) is 24.3 Å².